The summed E-state index contributed by atoms with van der Waals surface area (Å²) >= 11 is 0. The van der Waals surface area contributed by atoms with Gasteiger partial charge in [0.1, 0.15) is 0 Å². The molecular weight excluding hydrogens is 296 g/mol. The predicted octanol–water partition coefficient (Wildman–Crippen LogP) is 6.04. The van der Waals surface area contributed by atoms with Crippen LogP contribution in [0.25, 0.3) is 0 Å². The van der Waals surface area contributed by atoms with Crippen LogP contribution in [0.5, 0.6) is 0 Å². The van der Waals surface area contributed by atoms with E-state index in [0.717, 1.165) is 17.8 Å². The Morgan fingerprint density at radius 1 is 0.958 bits per heavy atom. The Morgan fingerprint density at radius 3 is 2.00 bits per heavy atom. The summed E-state index contributed by atoms with van der Waals surface area (Å²) in [5, 5.41) is 9.01. The van der Waals surface area contributed by atoms with Crippen LogP contribution in [0.15, 0.2) is 36.9 Å². The van der Waals surface area contributed by atoms with Gasteiger partial charge in [-0.05, 0) is 99.2 Å². The second-order valence-corrected chi connectivity index (χ2v) is 7.84. The lowest BCUT2D eigenvalue weighted by molar-refractivity contribution is 0.0697. The van der Waals surface area contributed by atoms with Gasteiger partial charge in [0.15, 0.2) is 0 Å². The molecule has 0 unspecified atom stereocenters. The van der Waals surface area contributed by atoms with Crippen LogP contribution in [-0.4, -0.2) is 11.1 Å². The van der Waals surface area contributed by atoms with Crippen LogP contribution >= 0.6 is 0 Å². The summed E-state index contributed by atoms with van der Waals surface area (Å²) in [5.41, 5.74) is 1.72. The van der Waals surface area contributed by atoms with E-state index in [1.54, 1.807) is 12.1 Å². The predicted molar refractivity (Wildman–Crippen MR) is 98.4 cm³/mol. The fourth-order valence-corrected chi connectivity index (χ4v) is 4.95. The number of aromatic carboxylic acids is 1. The molecule has 2 fully saturated rings. The summed E-state index contributed by atoms with van der Waals surface area (Å²) < 4.78 is 0. The first-order valence-corrected chi connectivity index (χ1v) is 9.61. The molecule has 3 rings (SSSR count). The van der Waals surface area contributed by atoms with Crippen molar-refractivity contribution in [3.8, 4) is 0 Å². The number of hydrogen-bond acceptors (Lipinski definition) is 1. The number of carboxylic acids is 1. The van der Waals surface area contributed by atoms with Gasteiger partial charge in [-0.3, -0.25) is 0 Å². The van der Waals surface area contributed by atoms with Crippen LogP contribution in [0.3, 0.4) is 0 Å². The molecule has 2 aliphatic rings. The zero-order valence-electron chi connectivity index (χ0n) is 14.6. The second-order valence-electron chi connectivity index (χ2n) is 7.84. The Balaban J connectivity index is 1.49. The lowest BCUT2D eigenvalue weighted by atomic mass is 9.68. The zero-order valence-corrected chi connectivity index (χ0v) is 14.6. The van der Waals surface area contributed by atoms with E-state index in [2.05, 4.69) is 12.7 Å². The van der Waals surface area contributed by atoms with Crippen molar-refractivity contribution >= 4 is 5.97 Å². The molecule has 130 valence electrons. The molecule has 0 aromatic heterocycles. The Morgan fingerprint density at radius 2 is 1.50 bits per heavy atom. The van der Waals surface area contributed by atoms with Crippen molar-refractivity contribution in [1.29, 1.82) is 0 Å². The fraction of sp³-hybridized carbons (Fsp3) is 0.591. The number of carbonyl (C=O) groups is 1. The zero-order chi connectivity index (χ0) is 16.9. The molecule has 2 saturated carbocycles. The standard InChI is InChI=1S/C22H30O2/c1-2-3-16-4-6-17(7-5-16)18-8-10-19(11-9-18)20-12-14-21(15-13-20)22(23)24/h2,12-19H,1,3-11H2,(H,23,24)/t16-,17-,18-,19-. The lowest BCUT2D eigenvalue weighted by Gasteiger charge is -2.38. The third kappa shape index (κ3) is 4.09. The number of hydrogen-bond donors (Lipinski definition) is 1. The SMILES string of the molecule is C=CC[C@H]1CC[C@H]([C@H]2CC[C@H](c3ccc(C(=O)O)cc3)CC2)CC1. The van der Waals surface area contributed by atoms with Gasteiger partial charge in [0.2, 0.25) is 0 Å². The van der Waals surface area contributed by atoms with Crippen LogP contribution in [-0.2, 0) is 0 Å². The highest BCUT2D eigenvalue weighted by Crippen LogP contribution is 2.44. The van der Waals surface area contributed by atoms with E-state index in [1.165, 1.54) is 63.4 Å². The minimum atomic E-state index is -0.836. The number of benzene rings is 1. The molecule has 24 heavy (non-hydrogen) atoms. The minimum absolute atomic E-state index is 0.392. The van der Waals surface area contributed by atoms with Crippen molar-refractivity contribution in [3.05, 3.63) is 48.0 Å². The van der Waals surface area contributed by atoms with E-state index in [0.29, 0.717) is 11.5 Å². The Labute approximate surface area is 146 Å². The first-order chi connectivity index (χ1) is 11.7. The molecule has 2 aliphatic carbocycles. The Bertz CT molecular complexity index is 544. The average Bonchev–Trinajstić information content (AvgIpc) is 2.63. The summed E-state index contributed by atoms with van der Waals surface area (Å²) in [6.45, 7) is 3.88. The van der Waals surface area contributed by atoms with Crippen LogP contribution < -0.4 is 0 Å². The maximum Gasteiger partial charge on any atom is 0.335 e. The van der Waals surface area contributed by atoms with Crippen molar-refractivity contribution in [2.45, 2.75) is 63.7 Å². The topological polar surface area (TPSA) is 37.3 Å². The maximum absolute atomic E-state index is 11.0. The van der Waals surface area contributed by atoms with E-state index < -0.39 is 5.97 Å². The summed E-state index contributed by atoms with van der Waals surface area (Å²) in [7, 11) is 0. The molecule has 1 aromatic rings. The van der Waals surface area contributed by atoms with Crippen molar-refractivity contribution in [1.82, 2.24) is 0 Å². The molecule has 1 N–H and O–H groups in total. The number of carboxylic acid groups (broad SMARTS) is 1. The van der Waals surface area contributed by atoms with E-state index in [4.69, 9.17) is 5.11 Å². The minimum Gasteiger partial charge on any atom is -0.478 e. The van der Waals surface area contributed by atoms with Crippen molar-refractivity contribution in [3.63, 3.8) is 0 Å². The van der Waals surface area contributed by atoms with Crippen molar-refractivity contribution in [2.24, 2.45) is 17.8 Å². The number of rotatable bonds is 5. The molecule has 2 nitrogen and oxygen atoms in total. The van der Waals surface area contributed by atoms with Crippen LogP contribution in [0, 0.1) is 17.8 Å². The van der Waals surface area contributed by atoms with Gasteiger partial charge in [0.05, 0.1) is 5.56 Å². The summed E-state index contributed by atoms with van der Waals surface area (Å²) in [6, 6.07) is 7.55. The molecule has 0 atom stereocenters. The Kier molecular flexibility index (Phi) is 5.76. The van der Waals surface area contributed by atoms with E-state index in [1.807, 2.05) is 12.1 Å². The molecule has 0 radical (unpaired) electrons. The first kappa shape index (κ1) is 17.3. The molecule has 0 bridgehead atoms. The summed E-state index contributed by atoms with van der Waals surface area (Å²) in [6.07, 6.45) is 14.2. The quantitative estimate of drug-likeness (QED) is 0.670. The van der Waals surface area contributed by atoms with E-state index in [-0.39, 0.29) is 0 Å². The van der Waals surface area contributed by atoms with Gasteiger partial charge in [0.25, 0.3) is 0 Å². The van der Waals surface area contributed by atoms with Crippen LogP contribution in [0.2, 0.25) is 0 Å². The van der Waals surface area contributed by atoms with Crippen LogP contribution in [0.1, 0.15) is 79.6 Å². The highest BCUT2D eigenvalue weighted by Gasteiger charge is 2.30. The van der Waals surface area contributed by atoms with E-state index in [9.17, 15) is 4.79 Å². The van der Waals surface area contributed by atoms with Gasteiger partial charge in [-0.2, -0.15) is 0 Å². The first-order valence-electron chi connectivity index (χ1n) is 9.61. The van der Waals surface area contributed by atoms with Gasteiger partial charge >= 0.3 is 5.97 Å². The summed E-state index contributed by atoms with van der Waals surface area (Å²) in [5.74, 6) is 2.55. The highest BCUT2D eigenvalue weighted by molar-refractivity contribution is 5.87. The largest absolute Gasteiger partial charge is 0.478 e. The molecule has 0 saturated heterocycles. The normalized spacial score (nSPS) is 30.7. The monoisotopic (exact) mass is 326 g/mol. The van der Waals surface area contributed by atoms with Crippen molar-refractivity contribution < 1.29 is 9.90 Å². The van der Waals surface area contributed by atoms with Gasteiger partial charge in [-0.1, -0.05) is 18.2 Å². The van der Waals surface area contributed by atoms with E-state index >= 15 is 0 Å². The molecule has 0 spiro atoms. The van der Waals surface area contributed by atoms with Gasteiger partial charge < -0.3 is 5.11 Å². The third-order valence-corrected chi connectivity index (χ3v) is 6.46. The summed E-state index contributed by atoms with van der Waals surface area (Å²) in [4.78, 5) is 11.0. The Hall–Kier alpha value is -1.57. The average molecular weight is 326 g/mol. The lowest BCUT2D eigenvalue weighted by Crippen LogP contribution is -2.25. The van der Waals surface area contributed by atoms with Crippen molar-refractivity contribution in [2.75, 3.05) is 0 Å². The molecular formula is C22H30O2. The molecule has 0 heterocycles. The molecule has 2 heteroatoms. The van der Waals surface area contributed by atoms with Gasteiger partial charge in [-0.25, -0.2) is 4.79 Å². The molecule has 0 amide bonds. The molecule has 0 aliphatic heterocycles. The molecule has 1 aromatic carbocycles. The second kappa shape index (κ2) is 8.00. The highest BCUT2D eigenvalue weighted by atomic mass is 16.4. The number of allylic oxidation sites excluding steroid dienone is 1. The third-order valence-electron chi connectivity index (χ3n) is 6.46. The van der Waals surface area contributed by atoms with Crippen LogP contribution in [0.4, 0.5) is 0 Å². The van der Waals surface area contributed by atoms with Gasteiger partial charge in [0, 0.05) is 0 Å². The maximum atomic E-state index is 11.0. The van der Waals surface area contributed by atoms with Gasteiger partial charge in [-0.15, -0.1) is 6.58 Å². The fourth-order valence-electron chi connectivity index (χ4n) is 4.95. The smallest absolute Gasteiger partial charge is 0.335 e.